The van der Waals surface area contributed by atoms with Gasteiger partial charge in [-0.1, -0.05) is 54.6 Å². The van der Waals surface area contributed by atoms with Gasteiger partial charge in [-0.3, -0.25) is 4.79 Å². The van der Waals surface area contributed by atoms with Crippen LogP contribution in [0.3, 0.4) is 0 Å². The van der Waals surface area contributed by atoms with E-state index >= 15 is 0 Å². The minimum Gasteiger partial charge on any atom is -0.496 e. The highest BCUT2D eigenvalue weighted by molar-refractivity contribution is 5.82. The van der Waals surface area contributed by atoms with Gasteiger partial charge in [0.2, 0.25) is 0 Å². The maximum atomic E-state index is 10.8. The van der Waals surface area contributed by atoms with Crippen LogP contribution >= 0.6 is 0 Å². The number of nitrogens with one attached hydrogen (secondary N) is 1. The number of rotatable bonds is 9. The fourth-order valence-electron chi connectivity index (χ4n) is 5.60. The van der Waals surface area contributed by atoms with E-state index in [9.17, 15) is 4.79 Å². The molecular weight excluding hydrogens is 560 g/mol. The molecule has 45 heavy (non-hydrogen) atoms. The number of aldehydes is 1. The Bertz CT molecular complexity index is 1640. The van der Waals surface area contributed by atoms with Crippen molar-refractivity contribution < 1.29 is 14.3 Å². The molecule has 4 aromatic carbocycles. The van der Waals surface area contributed by atoms with E-state index in [2.05, 4.69) is 46.1 Å². The molecule has 0 radical (unpaired) electrons. The second kappa shape index (κ2) is 16.2. The first-order valence-electron chi connectivity index (χ1n) is 15.0. The van der Waals surface area contributed by atoms with Gasteiger partial charge in [0.25, 0.3) is 0 Å². The van der Waals surface area contributed by atoms with Crippen LogP contribution in [0, 0.1) is 13.1 Å². The third-order valence-electron chi connectivity index (χ3n) is 8.26. The van der Waals surface area contributed by atoms with Crippen LogP contribution in [-0.2, 0) is 6.54 Å². The van der Waals surface area contributed by atoms with Crippen LogP contribution < -0.4 is 14.8 Å². The quantitative estimate of drug-likeness (QED) is 0.154. The third-order valence-corrected chi connectivity index (χ3v) is 8.26. The zero-order chi connectivity index (χ0) is 32.2. The number of methoxy groups -OCH3 is 2. The van der Waals surface area contributed by atoms with Crippen LogP contribution in [0.15, 0.2) is 84.9 Å². The molecule has 4 aromatic rings. The Morgan fingerprint density at radius 3 is 1.73 bits per heavy atom. The summed E-state index contributed by atoms with van der Waals surface area (Å²) in [5, 5.41) is 3.73. The van der Waals surface area contributed by atoms with Gasteiger partial charge in [-0.15, -0.1) is 0 Å². The molecule has 0 atom stereocenters. The molecule has 0 bridgehead atoms. The molecule has 1 aliphatic carbocycles. The molecule has 0 heterocycles. The van der Waals surface area contributed by atoms with E-state index in [0.29, 0.717) is 28.7 Å². The van der Waals surface area contributed by atoms with Gasteiger partial charge < -0.3 is 19.7 Å². The monoisotopic (exact) mass is 600 g/mol. The Morgan fingerprint density at radius 1 is 0.756 bits per heavy atom. The van der Waals surface area contributed by atoms with Gasteiger partial charge in [0, 0.05) is 35.3 Å². The van der Waals surface area contributed by atoms with E-state index in [1.165, 1.54) is 31.2 Å². The smallest absolute Gasteiger partial charge is 0.187 e. The van der Waals surface area contributed by atoms with Crippen molar-refractivity contribution in [2.75, 3.05) is 28.3 Å². The summed E-state index contributed by atoms with van der Waals surface area (Å²) < 4.78 is 10.8. The maximum Gasteiger partial charge on any atom is 0.187 e. The number of hydrogen-bond acceptors (Lipinski definition) is 5. The van der Waals surface area contributed by atoms with Crippen molar-refractivity contribution in [1.29, 1.82) is 0 Å². The van der Waals surface area contributed by atoms with Crippen LogP contribution in [0.2, 0.25) is 0 Å². The molecule has 7 heteroatoms. The first-order chi connectivity index (χ1) is 21.9. The molecule has 230 valence electrons. The van der Waals surface area contributed by atoms with Crippen molar-refractivity contribution in [3.63, 3.8) is 0 Å². The van der Waals surface area contributed by atoms with E-state index in [1.807, 2.05) is 42.5 Å². The van der Waals surface area contributed by atoms with E-state index in [4.69, 9.17) is 22.6 Å². The Kier molecular flexibility index (Phi) is 11.9. The van der Waals surface area contributed by atoms with Crippen molar-refractivity contribution in [1.82, 2.24) is 10.2 Å². The predicted octanol–water partition coefficient (Wildman–Crippen LogP) is 8.60. The Labute approximate surface area is 267 Å². The topological polar surface area (TPSA) is 59.5 Å². The van der Waals surface area contributed by atoms with Gasteiger partial charge in [0.05, 0.1) is 27.4 Å². The molecule has 0 saturated heterocycles. The average Bonchev–Trinajstić information content (AvgIpc) is 3.10. The summed E-state index contributed by atoms with van der Waals surface area (Å²) >= 11 is 0. The normalized spacial score (nSPS) is 15.6. The number of hydrogen-bond donors (Lipinski definition) is 1. The molecule has 0 amide bonds. The molecule has 1 N–H and O–H groups in total. The zero-order valence-electron chi connectivity index (χ0n) is 26.4. The Hall–Kier alpha value is -4.95. The maximum absolute atomic E-state index is 10.8. The summed E-state index contributed by atoms with van der Waals surface area (Å²) in [6, 6.07) is 27.8. The van der Waals surface area contributed by atoms with Crippen LogP contribution in [0.1, 0.15) is 41.6 Å². The molecule has 7 nitrogen and oxygen atoms in total. The molecule has 0 spiro atoms. The van der Waals surface area contributed by atoms with Crippen LogP contribution in [0.4, 0.5) is 11.4 Å². The number of benzene rings is 4. The average molecular weight is 601 g/mol. The van der Waals surface area contributed by atoms with Crippen LogP contribution in [0.25, 0.3) is 31.9 Å². The van der Waals surface area contributed by atoms with E-state index in [-0.39, 0.29) is 0 Å². The molecule has 1 aliphatic rings. The second-order valence-corrected chi connectivity index (χ2v) is 11.3. The largest absolute Gasteiger partial charge is 0.496 e. The molecule has 5 rings (SSSR count). The third kappa shape index (κ3) is 8.80. The first kappa shape index (κ1) is 33.0. The zero-order valence-corrected chi connectivity index (χ0v) is 26.4. The van der Waals surface area contributed by atoms with Crippen molar-refractivity contribution >= 4 is 17.7 Å². The highest BCUT2D eigenvalue weighted by Crippen LogP contribution is 2.33. The molecule has 0 aliphatic heterocycles. The number of carbonyl (C=O) groups excluding carboxylic acids is 1. The summed E-state index contributed by atoms with van der Waals surface area (Å²) in [5.41, 5.74) is 7.02. The van der Waals surface area contributed by atoms with Gasteiger partial charge in [-0.05, 0) is 86.8 Å². The van der Waals surface area contributed by atoms with Crippen molar-refractivity contribution in [2.45, 2.75) is 44.3 Å². The van der Waals surface area contributed by atoms with E-state index < -0.39 is 0 Å². The van der Waals surface area contributed by atoms with Crippen molar-refractivity contribution in [2.24, 2.45) is 0 Å². The lowest BCUT2D eigenvalue weighted by Gasteiger charge is -2.33. The van der Waals surface area contributed by atoms with Gasteiger partial charge >= 0.3 is 0 Å². The number of ether oxygens (including phenoxy) is 2. The standard InChI is InChI=1S/C23H29N3O.C15H11NO2/c1-24-19-8-6-18(7-9-19)22-15-17(5-14-23(22)27-4)16-25-20-10-12-21(13-11-20)26(2)3;1-16-13-6-4-12(5-7-13)14-9-11(10-17)3-8-15(14)18-2/h5-9,14-15,20-21,25H,10-13,16H2,2-4H3;3-10H,2H3. The predicted molar refractivity (Wildman–Crippen MR) is 181 cm³/mol. The SMILES string of the molecule is [C-]#[N+]c1ccc(-c2cc(C=O)ccc2OC)cc1.[C-]#[N+]c1ccc(-c2cc(CNC3CCC(N(C)C)CC3)ccc2OC)cc1. The van der Waals surface area contributed by atoms with E-state index in [0.717, 1.165) is 46.9 Å². The van der Waals surface area contributed by atoms with Crippen LogP contribution in [0.5, 0.6) is 11.5 Å². The minimum atomic E-state index is 0.587. The molecule has 0 unspecified atom stereocenters. The lowest BCUT2D eigenvalue weighted by Crippen LogP contribution is -2.39. The van der Waals surface area contributed by atoms with Gasteiger partial charge in [-0.25, -0.2) is 9.69 Å². The fourth-order valence-corrected chi connectivity index (χ4v) is 5.60. The molecule has 1 saturated carbocycles. The summed E-state index contributed by atoms with van der Waals surface area (Å²) in [6.07, 6.45) is 5.82. The molecule has 0 aromatic heterocycles. The lowest BCUT2D eigenvalue weighted by atomic mass is 9.90. The summed E-state index contributed by atoms with van der Waals surface area (Å²) in [6.45, 7) is 14.9. The Morgan fingerprint density at radius 2 is 1.27 bits per heavy atom. The molecular formula is C38H40N4O3. The lowest BCUT2D eigenvalue weighted by molar-refractivity contribution is 0.112. The van der Waals surface area contributed by atoms with Crippen molar-refractivity contribution in [3.8, 4) is 33.8 Å². The number of nitrogens with zero attached hydrogens (tertiary/aromatic N) is 3. The highest BCUT2D eigenvalue weighted by Gasteiger charge is 2.22. The minimum absolute atomic E-state index is 0.587. The van der Waals surface area contributed by atoms with Crippen LogP contribution in [-0.4, -0.2) is 51.6 Å². The molecule has 1 fully saturated rings. The van der Waals surface area contributed by atoms with Gasteiger partial charge in [-0.2, -0.15) is 0 Å². The number of carbonyl (C=O) groups is 1. The summed E-state index contributed by atoms with van der Waals surface area (Å²) in [7, 11) is 7.66. The summed E-state index contributed by atoms with van der Waals surface area (Å²) in [5.74, 6) is 1.57. The summed E-state index contributed by atoms with van der Waals surface area (Å²) in [4.78, 5) is 20.0. The van der Waals surface area contributed by atoms with Gasteiger partial charge in [0.15, 0.2) is 11.4 Å². The van der Waals surface area contributed by atoms with Gasteiger partial charge in [0.1, 0.15) is 17.8 Å². The van der Waals surface area contributed by atoms with Crippen molar-refractivity contribution in [3.05, 3.63) is 119 Å². The second-order valence-electron chi connectivity index (χ2n) is 11.3. The van der Waals surface area contributed by atoms with E-state index in [1.54, 1.807) is 44.6 Å². The fraction of sp³-hybridized carbons (Fsp3) is 0.289. The first-order valence-corrected chi connectivity index (χ1v) is 15.0. The highest BCUT2D eigenvalue weighted by atomic mass is 16.5. The Balaban J connectivity index is 0.000000222.